The molecule has 0 aromatic carbocycles. The molecule has 0 aliphatic carbocycles. The molecule has 2 nitrogen and oxygen atoms in total. The topological polar surface area (TPSA) is 18.5 Å². The molecule has 0 saturated carbocycles. The Balaban J connectivity index is 4.80. The second-order valence-electron chi connectivity index (χ2n) is 6.53. The lowest BCUT2D eigenvalue weighted by molar-refractivity contribution is 0.0689. The van der Waals surface area contributed by atoms with E-state index in [9.17, 15) is 0 Å². The van der Waals surface area contributed by atoms with E-state index in [0.717, 1.165) is 12.1 Å². The van der Waals surface area contributed by atoms with Crippen LogP contribution in [0.4, 0.5) is 0 Å². The van der Waals surface area contributed by atoms with Crippen LogP contribution < -0.4 is 0 Å². The van der Waals surface area contributed by atoms with E-state index < -0.39 is 8.56 Å². The van der Waals surface area contributed by atoms with Crippen molar-refractivity contribution in [2.75, 3.05) is 7.11 Å². The lowest BCUT2D eigenvalue weighted by atomic mass is 10.2. The van der Waals surface area contributed by atoms with Crippen molar-refractivity contribution in [3.8, 4) is 0 Å². The standard InChI is InChI=1S/C13H30O2Si/c1-11(2)9-16(14-8,10-12(3)4)15-13(5,6)7/h11-12H,9-10H2,1-8H3. The second-order valence-corrected chi connectivity index (χ2v) is 9.78. The molecule has 0 rings (SSSR count). The Morgan fingerprint density at radius 3 is 1.50 bits per heavy atom. The van der Waals surface area contributed by atoms with E-state index in [1.165, 1.54) is 0 Å². The molecule has 0 spiro atoms. The zero-order valence-electron chi connectivity index (χ0n) is 12.4. The Morgan fingerprint density at radius 1 is 0.938 bits per heavy atom. The Labute approximate surface area is 103 Å². The van der Waals surface area contributed by atoms with Crippen LogP contribution in [0.2, 0.25) is 12.1 Å². The number of hydrogen-bond donors (Lipinski definition) is 0. The van der Waals surface area contributed by atoms with Gasteiger partial charge in [-0.15, -0.1) is 0 Å². The lowest BCUT2D eigenvalue weighted by Gasteiger charge is -2.38. The van der Waals surface area contributed by atoms with Gasteiger partial charge in [-0.2, -0.15) is 0 Å². The summed E-state index contributed by atoms with van der Waals surface area (Å²) < 4.78 is 12.2. The minimum Gasteiger partial charge on any atom is -0.398 e. The second kappa shape index (κ2) is 6.17. The summed E-state index contributed by atoms with van der Waals surface area (Å²) in [7, 11) is -0.209. The fraction of sp³-hybridized carbons (Fsp3) is 1.00. The molecule has 3 heteroatoms. The van der Waals surface area contributed by atoms with Crippen LogP contribution >= 0.6 is 0 Å². The van der Waals surface area contributed by atoms with Gasteiger partial charge in [0.1, 0.15) is 0 Å². The van der Waals surface area contributed by atoms with Gasteiger partial charge in [0.05, 0.1) is 5.60 Å². The first-order valence-corrected chi connectivity index (χ1v) is 8.58. The molecule has 0 N–H and O–H groups in total. The van der Waals surface area contributed by atoms with Gasteiger partial charge in [0.2, 0.25) is 0 Å². The van der Waals surface area contributed by atoms with Gasteiger partial charge in [0, 0.05) is 7.11 Å². The molecule has 0 unspecified atom stereocenters. The van der Waals surface area contributed by atoms with Crippen molar-refractivity contribution < 1.29 is 8.85 Å². The maximum absolute atomic E-state index is 6.31. The van der Waals surface area contributed by atoms with Crippen LogP contribution in [0.3, 0.4) is 0 Å². The van der Waals surface area contributed by atoms with Crippen LogP contribution in [0, 0.1) is 11.8 Å². The summed E-state index contributed by atoms with van der Waals surface area (Å²) in [6.45, 7) is 15.3. The van der Waals surface area contributed by atoms with Crippen LogP contribution in [-0.4, -0.2) is 21.3 Å². The van der Waals surface area contributed by atoms with Crippen LogP contribution in [0.15, 0.2) is 0 Å². The molecule has 0 aromatic rings. The van der Waals surface area contributed by atoms with E-state index in [1.807, 2.05) is 7.11 Å². The molecule has 0 aliphatic heterocycles. The molecular formula is C13H30O2Si. The summed E-state index contributed by atoms with van der Waals surface area (Å²) in [5, 5.41) is 0. The van der Waals surface area contributed by atoms with E-state index in [1.54, 1.807) is 0 Å². The highest BCUT2D eigenvalue weighted by Gasteiger charge is 2.41. The Kier molecular flexibility index (Phi) is 6.23. The average molecular weight is 246 g/mol. The molecule has 0 heterocycles. The quantitative estimate of drug-likeness (QED) is 0.654. The van der Waals surface area contributed by atoms with Crippen molar-refractivity contribution in [2.24, 2.45) is 11.8 Å². The third kappa shape index (κ3) is 6.66. The number of hydrogen-bond acceptors (Lipinski definition) is 2. The molecule has 0 fully saturated rings. The van der Waals surface area contributed by atoms with Crippen LogP contribution in [0.25, 0.3) is 0 Å². The van der Waals surface area contributed by atoms with Crippen LogP contribution in [-0.2, 0) is 8.85 Å². The fourth-order valence-corrected chi connectivity index (χ4v) is 6.53. The predicted octanol–water partition coefficient (Wildman–Crippen LogP) is 4.20. The van der Waals surface area contributed by atoms with Gasteiger partial charge >= 0.3 is 8.56 Å². The average Bonchev–Trinajstić information content (AvgIpc) is 1.97. The fourth-order valence-electron chi connectivity index (χ4n) is 2.18. The van der Waals surface area contributed by atoms with Gasteiger partial charge in [-0.25, -0.2) is 0 Å². The SMILES string of the molecule is CO[Si](CC(C)C)(CC(C)C)OC(C)(C)C. The summed E-state index contributed by atoms with van der Waals surface area (Å²) in [5.41, 5.74) is -0.105. The Bertz CT molecular complexity index is 185. The molecule has 0 bridgehead atoms. The summed E-state index contributed by atoms with van der Waals surface area (Å²) in [6.07, 6.45) is 0. The first-order valence-electron chi connectivity index (χ1n) is 6.35. The summed E-state index contributed by atoms with van der Waals surface area (Å²) in [5.74, 6) is 1.26. The minimum absolute atomic E-state index is 0.105. The third-order valence-electron chi connectivity index (χ3n) is 2.30. The molecule has 0 saturated heterocycles. The smallest absolute Gasteiger partial charge is 0.338 e. The van der Waals surface area contributed by atoms with Gasteiger partial charge in [-0.3, -0.25) is 0 Å². The van der Waals surface area contributed by atoms with Gasteiger partial charge in [-0.05, 0) is 44.7 Å². The maximum Gasteiger partial charge on any atom is 0.338 e. The lowest BCUT2D eigenvalue weighted by Crippen LogP contribution is -2.48. The van der Waals surface area contributed by atoms with E-state index >= 15 is 0 Å². The van der Waals surface area contributed by atoms with Crippen molar-refractivity contribution in [1.29, 1.82) is 0 Å². The molecule has 0 atom stereocenters. The number of rotatable bonds is 6. The highest BCUT2D eigenvalue weighted by atomic mass is 28.4. The highest BCUT2D eigenvalue weighted by Crippen LogP contribution is 2.31. The van der Waals surface area contributed by atoms with E-state index in [0.29, 0.717) is 11.8 Å². The normalized spacial score (nSPS) is 13.9. The minimum atomic E-state index is -2.03. The van der Waals surface area contributed by atoms with Crippen LogP contribution in [0.1, 0.15) is 48.5 Å². The highest BCUT2D eigenvalue weighted by molar-refractivity contribution is 6.67. The summed E-state index contributed by atoms with van der Waals surface area (Å²) in [4.78, 5) is 0. The van der Waals surface area contributed by atoms with Crippen molar-refractivity contribution in [3.63, 3.8) is 0 Å². The van der Waals surface area contributed by atoms with Gasteiger partial charge < -0.3 is 8.85 Å². The van der Waals surface area contributed by atoms with E-state index in [-0.39, 0.29) is 5.60 Å². The van der Waals surface area contributed by atoms with Crippen molar-refractivity contribution in [3.05, 3.63) is 0 Å². The van der Waals surface area contributed by atoms with Crippen molar-refractivity contribution >= 4 is 8.56 Å². The molecule has 98 valence electrons. The Hall–Kier alpha value is 0.137. The Morgan fingerprint density at radius 2 is 1.31 bits per heavy atom. The maximum atomic E-state index is 6.31. The molecule has 0 aliphatic rings. The van der Waals surface area contributed by atoms with Gasteiger partial charge in [-0.1, -0.05) is 27.7 Å². The molecule has 16 heavy (non-hydrogen) atoms. The van der Waals surface area contributed by atoms with Crippen LogP contribution in [0.5, 0.6) is 0 Å². The van der Waals surface area contributed by atoms with Crippen molar-refractivity contribution in [2.45, 2.75) is 66.2 Å². The molecular weight excluding hydrogens is 216 g/mol. The monoisotopic (exact) mass is 246 g/mol. The van der Waals surface area contributed by atoms with E-state index in [2.05, 4.69) is 48.5 Å². The molecule has 0 radical (unpaired) electrons. The summed E-state index contributed by atoms with van der Waals surface area (Å²) in [6, 6.07) is 2.16. The first kappa shape index (κ1) is 16.1. The van der Waals surface area contributed by atoms with Gasteiger partial charge in [0.25, 0.3) is 0 Å². The third-order valence-corrected chi connectivity index (χ3v) is 6.91. The van der Waals surface area contributed by atoms with E-state index in [4.69, 9.17) is 8.85 Å². The first-order chi connectivity index (χ1) is 7.10. The zero-order chi connectivity index (χ0) is 13.0. The zero-order valence-corrected chi connectivity index (χ0v) is 13.4. The molecule has 0 amide bonds. The van der Waals surface area contributed by atoms with Crippen molar-refractivity contribution in [1.82, 2.24) is 0 Å². The summed E-state index contributed by atoms with van der Waals surface area (Å²) >= 11 is 0. The van der Waals surface area contributed by atoms with Gasteiger partial charge in [0.15, 0.2) is 0 Å². The predicted molar refractivity (Wildman–Crippen MR) is 72.9 cm³/mol. The largest absolute Gasteiger partial charge is 0.398 e. The molecule has 0 aromatic heterocycles.